The third kappa shape index (κ3) is 5.75. The van der Waals surface area contributed by atoms with Crippen LogP contribution in [0.5, 0.6) is 0 Å². The average molecular weight is 554 g/mol. The Labute approximate surface area is 227 Å². The van der Waals surface area contributed by atoms with Crippen LogP contribution < -0.4 is 11.1 Å². The maximum atomic E-state index is 15.0. The Kier molecular flexibility index (Phi) is 7.43. The molecule has 40 heavy (non-hydrogen) atoms. The number of carbonyl (C=O) groups excluding carboxylic acids is 1. The van der Waals surface area contributed by atoms with Gasteiger partial charge in [-0.25, -0.2) is 9.07 Å². The summed E-state index contributed by atoms with van der Waals surface area (Å²) in [7, 11) is 0. The molecule has 4 N–H and O–H groups in total. The molecule has 7 nitrogen and oxygen atoms in total. The normalized spacial score (nSPS) is 15.1. The summed E-state index contributed by atoms with van der Waals surface area (Å²) in [5.41, 5.74) is 3.83. The van der Waals surface area contributed by atoms with Crippen molar-refractivity contribution >= 4 is 11.6 Å². The second-order valence-corrected chi connectivity index (χ2v) is 9.93. The molecule has 0 bridgehead atoms. The number of aromatic nitrogens is 3. The maximum Gasteiger partial charge on any atom is 0.435 e. The molecule has 2 aromatic heterocycles. The zero-order valence-corrected chi connectivity index (χ0v) is 21.3. The highest BCUT2D eigenvalue weighted by Gasteiger charge is 2.37. The van der Waals surface area contributed by atoms with Crippen LogP contribution in [0.15, 0.2) is 73.1 Å². The highest BCUT2D eigenvalue weighted by molar-refractivity contribution is 6.03. The molecule has 2 heterocycles. The van der Waals surface area contributed by atoms with Crippen molar-refractivity contribution in [3.05, 3.63) is 107 Å². The lowest BCUT2D eigenvalue weighted by molar-refractivity contribution is -0.141. The number of nitrogens with two attached hydrogens (primary N) is 1. The average Bonchev–Trinajstić information content (AvgIpc) is 3.67. The lowest BCUT2D eigenvalue weighted by Gasteiger charge is -2.30. The van der Waals surface area contributed by atoms with E-state index in [1.807, 2.05) is 0 Å². The molecule has 1 saturated carbocycles. The molecule has 0 radical (unpaired) electrons. The molecule has 1 fully saturated rings. The van der Waals surface area contributed by atoms with Gasteiger partial charge in [0, 0.05) is 25.0 Å². The quantitative estimate of drug-likeness (QED) is 0.235. The molecule has 208 valence electrons. The summed E-state index contributed by atoms with van der Waals surface area (Å²) in [5, 5.41) is 17.8. The number of hydrogen-bond acceptors (Lipinski definition) is 5. The largest absolute Gasteiger partial charge is 0.435 e. The zero-order chi connectivity index (χ0) is 28.5. The fourth-order valence-corrected chi connectivity index (χ4v) is 4.66. The molecule has 1 atom stereocenters. The van der Waals surface area contributed by atoms with Gasteiger partial charge in [0.25, 0.3) is 5.91 Å². The second-order valence-electron chi connectivity index (χ2n) is 9.93. The number of nitrogens with zero attached hydrogens (tertiary/aromatic N) is 3. The number of halogens is 4. The molecule has 0 aliphatic heterocycles. The first-order valence-corrected chi connectivity index (χ1v) is 12.8. The van der Waals surface area contributed by atoms with Crippen molar-refractivity contribution in [3.63, 3.8) is 0 Å². The Morgan fingerprint density at radius 1 is 1.05 bits per heavy atom. The first kappa shape index (κ1) is 27.5. The van der Waals surface area contributed by atoms with Gasteiger partial charge in [-0.15, -0.1) is 0 Å². The molecule has 0 saturated heterocycles. The summed E-state index contributed by atoms with van der Waals surface area (Å²) in [5.74, 6) is -1.32. The Bertz CT molecular complexity index is 1520. The molecule has 1 aliphatic carbocycles. The molecule has 11 heteroatoms. The minimum atomic E-state index is -4.82. The van der Waals surface area contributed by atoms with Crippen molar-refractivity contribution in [2.75, 3.05) is 5.32 Å². The molecule has 1 unspecified atom stereocenters. The number of pyridine rings is 1. The summed E-state index contributed by atoms with van der Waals surface area (Å²) < 4.78 is 56.5. The van der Waals surface area contributed by atoms with Gasteiger partial charge >= 0.3 is 6.18 Å². The fourth-order valence-electron chi connectivity index (χ4n) is 4.66. The monoisotopic (exact) mass is 553 g/mol. The fraction of sp³-hybridized carbons (Fsp3) is 0.276. The highest BCUT2D eigenvalue weighted by Crippen LogP contribution is 2.41. The van der Waals surface area contributed by atoms with Gasteiger partial charge in [-0.05, 0) is 71.8 Å². The van der Waals surface area contributed by atoms with Gasteiger partial charge in [-0.1, -0.05) is 31.0 Å². The van der Waals surface area contributed by atoms with Crippen LogP contribution in [-0.2, 0) is 18.3 Å². The molecule has 0 spiro atoms. The van der Waals surface area contributed by atoms with Crippen molar-refractivity contribution in [3.8, 4) is 5.69 Å². The Morgan fingerprint density at radius 2 is 1.80 bits per heavy atom. The number of aliphatic hydroxyl groups is 1. The van der Waals surface area contributed by atoms with Crippen molar-refractivity contribution in [1.29, 1.82) is 0 Å². The highest BCUT2D eigenvalue weighted by atomic mass is 19.4. The Balaban J connectivity index is 1.51. The van der Waals surface area contributed by atoms with Crippen molar-refractivity contribution < 1.29 is 27.5 Å². The standard InChI is InChI=1S/C29H27F4N5O2/c30-23-7-6-21(28(40,11-8-18-4-5-18)20-9-12-35-13-10-20)15-24(23)36-27(39)25-16-26(29(31,32)33)37-38(25)22-3-1-2-19(14-22)17-34/h1-3,6-7,9-10,12-16,18,40H,4-5,8,11,17,34H2,(H,36,39). The SMILES string of the molecule is NCc1cccc(-n2nc(C(F)(F)F)cc2C(=O)Nc2cc(C(O)(CCC3CC3)c3ccncc3)ccc2F)c1. The van der Waals surface area contributed by atoms with E-state index in [-0.39, 0.29) is 17.9 Å². The van der Waals surface area contributed by atoms with Crippen LogP contribution in [0.3, 0.4) is 0 Å². The summed E-state index contributed by atoms with van der Waals surface area (Å²) in [6, 6.07) is 14.1. The minimum Gasteiger partial charge on any atom is -0.380 e. The van der Waals surface area contributed by atoms with Crippen molar-refractivity contribution in [2.45, 2.75) is 44.0 Å². The number of hydrogen-bond donors (Lipinski definition) is 3. The predicted molar refractivity (Wildman–Crippen MR) is 140 cm³/mol. The van der Waals surface area contributed by atoms with Gasteiger partial charge in [0.05, 0.1) is 11.4 Å². The van der Waals surface area contributed by atoms with E-state index in [9.17, 15) is 27.5 Å². The summed E-state index contributed by atoms with van der Waals surface area (Å²) in [6.07, 6.45) is 1.54. The van der Waals surface area contributed by atoms with E-state index in [2.05, 4.69) is 15.4 Å². The van der Waals surface area contributed by atoms with Crippen LogP contribution in [0.25, 0.3) is 5.69 Å². The van der Waals surface area contributed by atoms with Crippen molar-refractivity contribution in [2.24, 2.45) is 11.7 Å². The van der Waals surface area contributed by atoms with E-state index in [1.54, 1.807) is 36.7 Å². The van der Waals surface area contributed by atoms with Crippen LogP contribution in [0.4, 0.5) is 23.2 Å². The molecule has 1 amide bonds. The summed E-state index contributed by atoms with van der Waals surface area (Å²) in [4.78, 5) is 17.3. The lowest BCUT2D eigenvalue weighted by Crippen LogP contribution is -2.28. The second kappa shape index (κ2) is 10.8. The van der Waals surface area contributed by atoms with E-state index in [4.69, 9.17) is 5.73 Å². The number of nitrogens with one attached hydrogen (secondary N) is 1. The van der Waals surface area contributed by atoms with Crippen molar-refractivity contribution in [1.82, 2.24) is 14.8 Å². The molecule has 2 aromatic carbocycles. The zero-order valence-electron chi connectivity index (χ0n) is 21.3. The van der Waals surface area contributed by atoms with Crippen LogP contribution in [0, 0.1) is 11.7 Å². The molecular weight excluding hydrogens is 526 g/mol. The van der Waals surface area contributed by atoms with E-state index < -0.39 is 34.9 Å². The number of benzene rings is 2. The summed E-state index contributed by atoms with van der Waals surface area (Å²) in [6.45, 7) is 0.127. The van der Waals surface area contributed by atoms with Crippen LogP contribution in [0.1, 0.15) is 58.6 Å². The van der Waals surface area contributed by atoms with E-state index in [0.29, 0.717) is 35.1 Å². The van der Waals surface area contributed by atoms with Gasteiger partial charge in [0.15, 0.2) is 5.69 Å². The number of anilines is 1. The molecule has 4 aromatic rings. The third-order valence-corrected chi connectivity index (χ3v) is 7.08. The van der Waals surface area contributed by atoms with Gasteiger partial charge in [0.1, 0.15) is 17.1 Å². The minimum absolute atomic E-state index is 0.127. The smallest absolute Gasteiger partial charge is 0.380 e. The van der Waals surface area contributed by atoms with Crippen LogP contribution in [-0.4, -0.2) is 25.8 Å². The van der Waals surface area contributed by atoms with Crippen LogP contribution >= 0.6 is 0 Å². The Hall–Kier alpha value is -4.09. The molecular formula is C29H27F4N5O2. The van der Waals surface area contributed by atoms with Gasteiger partial charge in [-0.3, -0.25) is 9.78 Å². The number of alkyl halides is 3. The predicted octanol–water partition coefficient (Wildman–Crippen LogP) is 5.56. The lowest BCUT2D eigenvalue weighted by atomic mass is 9.82. The Morgan fingerprint density at radius 3 is 2.48 bits per heavy atom. The first-order valence-electron chi connectivity index (χ1n) is 12.8. The van der Waals surface area contributed by atoms with E-state index in [1.165, 1.54) is 24.3 Å². The molecule has 1 aliphatic rings. The topological polar surface area (TPSA) is 106 Å². The van der Waals surface area contributed by atoms with Gasteiger partial charge in [-0.2, -0.15) is 18.3 Å². The van der Waals surface area contributed by atoms with Gasteiger partial charge < -0.3 is 16.2 Å². The summed E-state index contributed by atoms with van der Waals surface area (Å²) >= 11 is 0. The first-order chi connectivity index (χ1) is 19.1. The number of amides is 1. The van der Waals surface area contributed by atoms with Crippen LogP contribution in [0.2, 0.25) is 0 Å². The molecule has 5 rings (SSSR count). The third-order valence-electron chi connectivity index (χ3n) is 7.08. The number of carbonyl (C=O) groups is 1. The maximum absolute atomic E-state index is 15.0. The van der Waals surface area contributed by atoms with Gasteiger partial charge in [0.2, 0.25) is 0 Å². The van der Waals surface area contributed by atoms with E-state index >= 15 is 0 Å². The van der Waals surface area contributed by atoms with E-state index in [0.717, 1.165) is 30.0 Å². The number of rotatable bonds is 9.